The van der Waals surface area contributed by atoms with Gasteiger partial charge in [0.05, 0.1) is 31.9 Å². The smallest absolute Gasteiger partial charge is 0.242 e. The van der Waals surface area contributed by atoms with Gasteiger partial charge in [-0.3, -0.25) is 9.80 Å². The molecule has 1 aromatic heterocycles. The van der Waals surface area contributed by atoms with E-state index in [0.717, 1.165) is 16.5 Å². The number of hydrogen-bond acceptors (Lipinski definition) is 6. The molecule has 1 aliphatic heterocycles. The van der Waals surface area contributed by atoms with E-state index >= 15 is 0 Å². The molecule has 1 aliphatic rings. The molecule has 2 heterocycles. The number of hydrogen-bond donors (Lipinski definition) is 1. The number of nitrogens with zero attached hydrogens (tertiary/aromatic N) is 2. The van der Waals surface area contributed by atoms with E-state index in [1.807, 2.05) is 36.6 Å². The number of benzene rings is 1. The fourth-order valence-corrected chi connectivity index (χ4v) is 3.03. The molecule has 24 heavy (non-hydrogen) atoms. The predicted octanol–water partition coefficient (Wildman–Crippen LogP) is 1.94. The molecule has 0 aliphatic carbocycles. The second kappa shape index (κ2) is 8.23. The fourth-order valence-electron chi connectivity index (χ4n) is 2.33. The minimum atomic E-state index is 0.0109. The first kappa shape index (κ1) is 16.9. The van der Waals surface area contributed by atoms with Crippen molar-refractivity contribution in [3.63, 3.8) is 0 Å². The molecule has 6 nitrogen and oxygen atoms in total. The number of ether oxygens (including phenoxy) is 2. The lowest BCUT2D eigenvalue weighted by Crippen LogP contribution is -2.44. The highest BCUT2D eigenvalue weighted by Gasteiger charge is 2.17. The van der Waals surface area contributed by atoms with Crippen LogP contribution in [0.2, 0.25) is 0 Å². The first-order chi connectivity index (χ1) is 11.7. The van der Waals surface area contributed by atoms with Crippen molar-refractivity contribution in [2.75, 3.05) is 26.3 Å². The summed E-state index contributed by atoms with van der Waals surface area (Å²) >= 11 is 1.51. The largest absolute Gasteiger partial charge is 0.486 e. The van der Waals surface area contributed by atoms with E-state index in [0.29, 0.717) is 32.9 Å². The number of rotatable bonds is 5. The average Bonchev–Trinajstić information content (AvgIpc) is 2.85. The van der Waals surface area contributed by atoms with E-state index < -0.39 is 0 Å². The van der Waals surface area contributed by atoms with Crippen molar-refractivity contribution < 1.29 is 14.3 Å². The summed E-state index contributed by atoms with van der Waals surface area (Å²) in [6.07, 6.45) is 0.286. The summed E-state index contributed by atoms with van der Waals surface area (Å²) in [6, 6.07) is 7.92. The maximum atomic E-state index is 12.3. The second-order valence-corrected chi connectivity index (χ2v) is 6.52. The van der Waals surface area contributed by atoms with Crippen LogP contribution in [0.4, 0.5) is 0 Å². The highest BCUT2D eigenvalue weighted by molar-refractivity contribution is 7.09. The summed E-state index contributed by atoms with van der Waals surface area (Å²) in [5, 5.41) is 4.40. The van der Waals surface area contributed by atoms with E-state index in [4.69, 9.17) is 9.47 Å². The summed E-state index contributed by atoms with van der Waals surface area (Å²) in [7, 11) is 0. The van der Waals surface area contributed by atoms with Gasteiger partial charge in [0.25, 0.3) is 0 Å². The van der Waals surface area contributed by atoms with Crippen LogP contribution in [0.3, 0.4) is 0 Å². The molecule has 2 aromatic rings. The van der Waals surface area contributed by atoms with Crippen LogP contribution in [0.15, 0.2) is 29.6 Å². The van der Waals surface area contributed by atoms with Crippen LogP contribution in [0, 0.1) is 6.92 Å². The molecule has 0 atom stereocenters. The van der Waals surface area contributed by atoms with Crippen LogP contribution >= 0.6 is 11.3 Å². The molecule has 128 valence electrons. The van der Waals surface area contributed by atoms with Gasteiger partial charge in [-0.25, -0.2) is 10.4 Å². The molecule has 0 bridgehead atoms. The minimum Gasteiger partial charge on any atom is -0.486 e. The quantitative estimate of drug-likeness (QED) is 0.895. The number of nitrogens with one attached hydrogen (secondary N) is 1. The first-order valence-electron chi connectivity index (χ1n) is 7.95. The van der Waals surface area contributed by atoms with Crippen molar-refractivity contribution in [1.82, 2.24) is 15.4 Å². The Morgan fingerprint density at radius 2 is 2.21 bits per heavy atom. The van der Waals surface area contributed by atoms with E-state index in [2.05, 4.69) is 10.4 Å². The summed E-state index contributed by atoms with van der Waals surface area (Å²) < 4.78 is 11.0. The normalized spacial score (nSPS) is 15.1. The molecule has 1 N–H and O–H groups in total. The molecule has 0 saturated carbocycles. The molecule has 1 aromatic carbocycles. The first-order valence-corrected chi connectivity index (χ1v) is 8.83. The zero-order valence-corrected chi connectivity index (χ0v) is 14.5. The van der Waals surface area contributed by atoms with Crippen molar-refractivity contribution in [2.24, 2.45) is 0 Å². The third-order valence-electron chi connectivity index (χ3n) is 3.62. The van der Waals surface area contributed by atoms with Gasteiger partial charge >= 0.3 is 0 Å². The highest BCUT2D eigenvalue weighted by atomic mass is 32.1. The lowest BCUT2D eigenvalue weighted by molar-refractivity contribution is -0.133. The maximum absolute atomic E-state index is 12.3. The third-order valence-corrected chi connectivity index (χ3v) is 4.50. The van der Waals surface area contributed by atoms with Crippen molar-refractivity contribution in [3.05, 3.63) is 45.9 Å². The third kappa shape index (κ3) is 4.77. The Morgan fingerprint density at radius 1 is 1.38 bits per heavy atom. The standard InChI is InChI=1S/C17H21N3O3S/c1-13-2-4-15(5-3-13)23-11-16-19-14(12-24-16)10-17(21)20-7-9-22-8-6-18-20/h2-5,12,18H,6-11H2,1H3. The molecule has 3 rings (SSSR count). The Balaban J connectivity index is 1.51. The Bertz CT molecular complexity index is 664. The van der Waals surface area contributed by atoms with Crippen LogP contribution in [0.5, 0.6) is 5.75 Å². The van der Waals surface area contributed by atoms with Crippen molar-refractivity contribution in [1.29, 1.82) is 0 Å². The van der Waals surface area contributed by atoms with Gasteiger partial charge in [-0.05, 0) is 19.1 Å². The Labute approximate surface area is 145 Å². The molecular formula is C17H21N3O3S. The predicted molar refractivity (Wildman–Crippen MR) is 91.9 cm³/mol. The van der Waals surface area contributed by atoms with Crippen molar-refractivity contribution in [3.8, 4) is 5.75 Å². The molecule has 0 spiro atoms. The monoisotopic (exact) mass is 347 g/mol. The van der Waals surface area contributed by atoms with E-state index in [1.165, 1.54) is 16.9 Å². The van der Waals surface area contributed by atoms with E-state index in [9.17, 15) is 4.79 Å². The van der Waals surface area contributed by atoms with Gasteiger partial charge in [0.2, 0.25) is 5.91 Å². The SMILES string of the molecule is Cc1ccc(OCc2nc(CC(=O)N3CCOCCN3)cs2)cc1. The van der Waals surface area contributed by atoms with Crippen LogP contribution in [0.25, 0.3) is 0 Å². The molecule has 1 amide bonds. The number of amides is 1. The number of hydrazine groups is 1. The number of aromatic nitrogens is 1. The van der Waals surface area contributed by atoms with E-state index in [1.54, 1.807) is 5.01 Å². The summed E-state index contributed by atoms with van der Waals surface area (Å²) in [6.45, 7) is 4.86. The zero-order valence-electron chi connectivity index (χ0n) is 13.7. The van der Waals surface area contributed by atoms with Gasteiger partial charge in [0, 0.05) is 11.9 Å². The summed E-state index contributed by atoms with van der Waals surface area (Å²) in [4.78, 5) is 16.8. The molecule has 7 heteroatoms. The van der Waals surface area contributed by atoms with Crippen LogP contribution in [-0.2, 0) is 22.6 Å². The van der Waals surface area contributed by atoms with Crippen molar-refractivity contribution in [2.45, 2.75) is 20.0 Å². The molecule has 0 radical (unpaired) electrons. The molecule has 1 fully saturated rings. The minimum absolute atomic E-state index is 0.0109. The van der Waals surface area contributed by atoms with Gasteiger partial charge in [0.15, 0.2) is 0 Å². The molecule has 0 unspecified atom stereocenters. The Hall–Kier alpha value is -1.96. The summed E-state index contributed by atoms with van der Waals surface area (Å²) in [5.41, 5.74) is 5.05. The number of thiazole rings is 1. The average molecular weight is 347 g/mol. The molecule has 1 saturated heterocycles. The van der Waals surface area contributed by atoms with Gasteiger partial charge in [0.1, 0.15) is 17.4 Å². The van der Waals surface area contributed by atoms with Gasteiger partial charge in [-0.1, -0.05) is 17.7 Å². The van der Waals surface area contributed by atoms with Crippen LogP contribution in [0.1, 0.15) is 16.3 Å². The zero-order chi connectivity index (χ0) is 16.8. The summed E-state index contributed by atoms with van der Waals surface area (Å²) in [5.74, 6) is 0.832. The van der Waals surface area contributed by atoms with Gasteiger partial charge < -0.3 is 9.47 Å². The highest BCUT2D eigenvalue weighted by Crippen LogP contribution is 2.16. The van der Waals surface area contributed by atoms with E-state index in [-0.39, 0.29) is 12.3 Å². The van der Waals surface area contributed by atoms with Crippen LogP contribution < -0.4 is 10.2 Å². The Kier molecular flexibility index (Phi) is 5.79. The van der Waals surface area contributed by atoms with Crippen molar-refractivity contribution >= 4 is 17.2 Å². The topological polar surface area (TPSA) is 63.7 Å². The number of aryl methyl sites for hydroxylation is 1. The second-order valence-electron chi connectivity index (χ2n) is 5.58. The van der Waals surface area contributed by atoms with Gasteiger partial charge in [-0.15, -0.1) is 11.3 Å². The number of carbonyl (C=O) groups is 1. The van der Waals surface area contributed by atoms with Gasteiger partial charge in [-0.2, -0.15) is 0 Å². The maximum Gasteiger partial charge on any atom is 0.242 e. The number of carbonyl (C=O) groups excluding carboxylic acids is 1. The molecular weight excluding hydrogens is 326 g/mol. The van der Waals surface area contributed by atoms with Crippen LogP contribution in [-0.4, -0.2) is 42.2 Å². The lowest BCUT2D eigenvalue weighted by atomic mass is 10.2. The fraction of sp³-hybridized carbons (Fsp3) is 0.412. The Morgan fingerprint density at radius 3 is 3.04 bits per heavy atom. The lowest BCUT2D eigenvalue weighted by Gasteiger charge is -2.19.